The first-order valence-electron chi connectivity index (χ1n) is 3.76. The minimum absolute atomic E-state index is 0.295. The van der Waals surface area contributed by atoms with Crippen LogP contribution < -0.4 is 4.90 Å². The predicted molar refractivity (Wildman–Crippen MR) is 52.6 cm³/mol. The van der Waals surface area contributed by atoms with Crippen molar-refractivity contribution < 1.29 is 5.11 Å². The second-order valence-corrected chi connectivity index (χ2v) is 4.56. The second-order valence-electron chi connectivity index (χ2n) is 2.91. The van der Waals surface area contributed by atoms with Gasteiger partial charge in [0.05, 0.1) is 0 Å². The maximum Gasteiger partial charge on any atom is 0.186 e. The van der Waals surface area contributed by atoms with Crippen LogP contribution in [0.5, 0.6) is 0 Å². The van der Waals surface area contributed by atoms with Gasteiger partial charge in [-0.05, 0) is 15.9 Å². The molecule has 2 heterocycles. The zero-order valence-corrected chi connectivity index (χ0v) is 8.81. The van der Waals surface area contributed by atoms with Crippen LogP contribution >= 0.6 is 27.3 Å². The molecule has 0 amide bonds. The molecule has 1 N–H and O–H groups in total. The van der Waals surface area contributed by atoms with Gasteiger partial charge in [-0.1, -0.05) is 0 Å². The van der Waals surface area contributed by atoms with E-state index in [2.05, 4.69) is 25.8 Å². The Morgan fingerprint density at radius 3 is 3.00 bits per heavy atom. The van der Waals surface area contributed by atoms with Crippen LogP contribution in [0.4, 0.5) is 5.13 Å². The van der Waals surface area contributed by atoms with Crippen molar-refractivity contribution in [1.82, 2.24) is 4.98 Å². The van der Waals surface area contributed by atoms with E-state index >= 15 is 0 Å². The number of thiazole rings is 1. The normalized spacial score (nSPS) is 18.0. The second kappa shape index (κ2) is 3.32. The maximum absolute atomic E-state index is 8.80. The van der Waals surface area contributed by atoms with Gasteiger partial charge in [0.15, 0.2) is 5.13 Å². The number of nitrogens with zero attached hydrogens (tertiary/aromatic N) is 2. The summed E-state index contributed by atoms with van der Waals surface area (Å²) in [5, 5.41) is 11.8. The number of aliphatic hydroxyl groups is 1. The van der Waals surface area contributed by atoms with Crippen LogP contribution in [-0.4, -0.2) is 29.8 Å². The van der Waals surface area contributed by atoms with Crippen molar-refractivity contribution in [3.8, 4) is 0 Å². The Bertz CT molecular complexity index is 272. The minimum Gasteiger partial charge on any atom is -0.396 e. The van der Waals surface area contributed by atoms with Gasteiger partial charge in [0.1, 0.15) is 4.60 Å². The van der Waals surface area contributed by atoms with Crippen molar-refractivity contribution in [2.75, 3.05) is 24.6 Å². The van der Waals surface area contributed by atoms with E-state index in [4.69, 9.17) is 5.11 Å². The van der Waals surface area contributed by atoms with Crippen molar-refractivity contribution in [3.05, 3.63) is 9.98 Å². The van der Waals surface area contributed by atoms with Crippen molar-refractivity contribution in [3.63, 3.8) is 0 Å². The average Bonchev–Trinajstić information content (AvgIpc) is 2.34. The Labute approximate surface area is 83.2 Å². The molecule has 1 saturated heterocycles. The summed E-state index contributed by atoms with van der Waals surface area (Å²) in [6.07, 6.45) is 0. The van der Waals surface area contributed by atoms with Crippen molar-refractivity contribution >= 4 is 32.4 Å². The summed E-state index contributed by atoms with van der Waals surface area (Å²) in [6, 6.07) is 0. The Morgan fingerprint density at radius 2 is 2.50 bits per heavy atom. The molecule has 1 fully saturated rings. The molecule has 0 aliphatic carbocycles. The first kappa shape index (κ1) is 8.47. The summed E-state index contributed by atoms with van der Waals surface area (Å²) in [5.41, 5.74) is 0. The summed E-state index contributed by atoms with van der Waals surface area (Å²) in [7, 11) is 0. The highest BCUT2D eigenvalue weighted by atomic mass is 79.9. The van der Waals surface area contributed by atoms with E-state index in [-0.39, 0.29) is 0 Å². The smallest absolute Gasteiger partial charge is 0.186 e. The third-order valence-corrected chi connectivity index (χ3v) is 3.56. The van der Waals surface area contributed by atoms with Gasteiger partial charge >= 0.3 is 0 Å². The van der Waals surface area contributed by atoms with E-state index in [1.54, 1.807) is 11.3 Å². The van der Waals surface area contributed by atoms with Gasteiger partial charge in [-0.25, -0.2) is 4.98 Å². The van der Waals surface area contributed by atoms with Crippen LogP contribution in [0.1, 0.15) is 0 Å². The van der Waals surface area contributed by atoms with E-state index < -0.39 is 0 Å². The molecule has 1 aliphatic heterocycles. The van der Waals surface area contributed by atoms with Gasteiger partial charge in [-0.3, -0.25) is 0 Å². The van der Waals surface area contributed by atoms with Crippen LogP contribution in [-0.2, 0) is 0 Å². The number of anilines is 1. The van der Waals surface area contributed by atoms with Gasteiger partial charge in [0, 0.05) is 31.0 Å². The summed E-state index contributed by atoms with van der Waals surface area (Å²) < 4.78 is 0.898. The standard InChI is InChI=1S/C7H9BrN2OS/c8-6-4-12-7(9-6)10-1-5(2-10)3-11/h4-5,11H,1-3H2. The predicted octanol–water partition coefficient (Wildman–Crippen LogP) is 1.33. The van der Waals surface area contributed by atoms with Crippen molar-refractivity contribution in [1.29, 1.82) is 0 Å². The highest BCUT2D eigenvalue weighted by Crippen LogP contribution is 2.29. The first-order chi connectivity index (χ1) is 5.79. The van der Waals surface area contributed by atoms with Crippen molar-refractivity contribution in [2.45, 2.75) is 0 Å². The molecular weight excluding hydrogens is 240 g/mol. The summed E-state index contributed by atoms with van der Waals surface area (Å²) >= 11 is 4.94. The van der Waals surface area contributed by atoms with E-state index in [1.807, 2.05) is 5.38 Å². The summed E-state index contributed by atoms with van der Waals surface area (Å²) in [4.78, 5) is 6.46. The number of halogens is 1. The van der Waals surface area contributed by atoms with Crippen LogP contribution in [0.15, 0.2) is 9.98 Å². The minimum atomic E-state index is 0.295. The third kappa shape index (κ3) is 1.48. The molecule has 0 atom stereocenters. The Kier molecular flexibility index (Phi) is 2.34. The molecule has 2 rings (SSSR count). The van der Waals surface area contributed by atoms with Gasteiger partial charge in [-0.2, -0.15) is 0 Å². The Balaban J connectivity index is 1.96. The lowest BCUT2D eigenvalue weighted by molar-refractivity contribution is 0.200. The van der Waals surface area contributed by atoms with Gasteiger partial charge in [-0.15, -0.1) is 11.3 Å². The van der Waals surface area contributed by atoms with Gasteiger partial charge in [0.25, 0.3) is 0 Å². The molecule has 0 unspecified atom stereocenters. The number of aliphatic hydroxyl groups excluding tert-OH is 1. The molecule has 0 spiro atoms. The summed E-state index contributed by atoms with van der Waals surface area (Å²) in [6.45, 7) is 2.18. The molecule has 1 aromatic rings. The molecule has 0 radical (unpaired) electrons. The quantitative estimate of drug-likeness (QED) is 0.859. The monoisotopic (exact) mass is 248 g/mol. The highest BCUT2D eigenvalue weighted by molar-refractivity contribution is 9.10. The third-order valence-electron chi connectivity index (χ3n) is 1.95. The van der Waals surface area contributed by atoms with Crippen molar-refractivity contribution in [2.24, 2.45) is 5.92 Å². The number of hydrogen-bond donors (Lipinski definition) is 1. The van der Waals surface area contributed by atoms with Gasteiger partial charge in [0.2, 0.25) is 0 Å². The van der Waals surface area contributed by atoms with Crippen LogP contribution in [0.3, 0.4) is 0 Å². The lowest BCUT2D eigenvalue weighted by Crippen LogP contribution is -2.48. The molecule has 0 aromatic carbocycles. The molecular formula is C7H9BrN2OS. The Hall–Kier alpha value is -0.130. The molecule has 1 aromatic heterocycles. The average molecular weight is 249 g/mol. The topological polar surface area (TPSA) is 36.4 Å². The highest BCUT2D eigenvalue weighted by Gasteiger charge is 2.27. The SMILES string of the molecule is OCC1CN(c2nc(Br)cs2)C1. The molecule has 12 heavy (non-hydrogen) atoms. The molecule has 0 bridgehead atoms. The number of rotatable bonds is 2. The van der Waals surface area contributed by atoms with Gasteiger partial charge < -0.3 is 10.0 Å². The largest absolute Gasteiger partial charge is 0.396 e. The molecule has 3 nitrogen and oxygen atoms in total. The zero-order valence-electron chi connectivity index (χ0n) is 6.40. The van der Waals surface area contributed by atoms with Crippen LogP contribution in [0.2, 0.25) is 0 Å². The van der Waals surface area contributed by atoms with Crippen LogP contribution in [0, 0.1) is 5.92 Å². The Morgan fingerprint density at radius 1 is 1.75 bits per heavy atom. The zero-order chi connectivity index (χ0) is 8.55. The molecule has 5 heteroatoms. The lowest BCUT2D eigenvalue weighted by Gasteiger charge is -2.37. The van der Waals surface area contributed by atoms with E-state index in [0.717, 1.165) is 22.8 Å². The lowest BCUT2D eigenvalue weighted by atomic mass is 10.0. The molecule has 0 saturated carbocycles. The fourth-order valence-electron chi connectivity index (χ4n) is 1.23. The fraction of sp³-hybridized carbons (Fsp3) is 0.571. The van der Waals surface area contributed by atoms with E-state index in [1.165, 1.54) is 0 Å². The number of aromatic nitrogens is 1. The van der Waals surface area contributed by atoms with E-state index in [0.29, 0.717) is 12.5 Å². The van der Waals surface area contributed by atoms with E-state index in [9.17, 15) is 0 Å². The fourth-order valence-corrected chi connectivity index (χ4v) is 2.50. The summed E-state index contributed by atoms with van der Waals surface area (Å²) in [5.74, 6) is 0.452. The molecule has 66 valence electrons. The molecule has 1 aliphatic rings. The number of hydrogen-bond acceptors (Lipinski definition) is 4. The van der Waals surface area contributed by atoms with Crippen LogP contribution in [0.25, 0.3) is 0 Å². The first-order valence-corrected chi connectivity index (χ1v) is 5.43. The maximum atomic E-state index is 8.80.